The van der Waals surface area contributed by atoms with E-state index in [0.29, 0.717) is 42.0 Å². The van der Waals surface area contributed by atoms with Gasteiger partial charge < -0.3 is 14.5 Å². The van der Waals surface area contributed by atoms with Crippen LogP contribution in [0.4, 0.5) is 4.39 Å². The van der Waals surface area contributed by atoms with E-state index >= 15 is 0 Å². The molecule has 9 heteroatoms. The summed E-state index contributed by atoms with van der Waals surface area (Å²) in [5, 5.41) is 0.870. The largest absolute Gasteiger partial charge is 0.482 e. The van der Waals surface area contributed by atoms with E-state index in [0.717, 1.165) is 6.07 Å². The minimum absolute atomic E-state index is 0.0664. The summed E-state index contributed by atoms with van der Waals surface area (Å²) >= 11 is 17.8. The Balaban J connectivity index is 1.53. The highest BCUT2D eigenvalue weighted by Gasteiger charge is 2.26. The van der Waals surface area contributed by atoms with Crippen molar-refractivity contribution in [3.8, 4) is 5.75 Å². The molecule has 2 aromatic rings. The van der Waals surface area contributed by atoms with Crippen LogP contribution in [0, 0.1) is 5.82 Å². The molecule has 0 bridgehead atoms. The SMILES string of the molecule is O=C(COc1ccc(Cl)cc1Cl)N1CCN(C(=O)c2ccc(F)cc2Cl)CC1. The highest BCUT2D eigenvalue weighted by Crippen LogP contribution is 2.27. The van der Waals surface area contributed by atoms with Crippen LogP contribution >= 0.6 is 34.8 Å². The van der Waals surface area contributed by atoms with Crippen LogP contribution < -0.4 is 4.74 Å². The first-order chi connectivity index (χ1) is 13.3. The molecule has 1 saturated heterocycles. The van der Waals surface area contributed by atoms with Crippen molar-refractivity contribution in [2.45, 2.75) is 0 Å². The molecule has 0 aromatic heterocycles. The summed E-state index contributed by atoms with van der Waals surface area (Å²) in [5.74, 6) is -0.629. The molecule has 0 spiro atoms. The van der Waals surface area contributed by atoms with Crippen molar-refractivity contribution in [2.24, 2.45) is 0 Å². The Hall–Kier alpha value is -2.02. The molecule has 1 aliphatic heterocycles. The molecular formula is C19H16Cl3FN2O3. The molecular weight excluding hydrogens is 430 g/mol. The van der Waals surface area contributed by atoms with Crippen LogP contribution in [-0.4, -0.2) is 54.4 Å². The van der Waals surface area contributed by atoms with Gasteiger partial charge in [0.15, 0.2) is 6.61 Å². The van der Waals surface area contributed by atoms with E-state index in [1.54, 1.807) is 21.9 Å². The van der Waals surface area contributed by atoms with Crippen molar-refractivity contribution >= 4 is 46.6 Å². The van der Waals surface area contributed by atoms with Crippen LogP contribution in [-0.2, 0) is 4.79 Å². The standard InChI is InChI=1S/C19H16Cl3FN2O3/c20-12-1-4-17(16(22)9-12)28-11-18(26)24-5-7-25(8-6-24)19(27)14-3-2-13(23)10-15(14)21/h1-4,9-10H,5-8,11H2. The van der Waals surface area contributed by atoms with Gasteiger partial charge in [-0.05, 0) is 36.4 Å². The molecule has 0 N–H and O–H groups in total. The van der Waals surface area contributed by atoms with Crippen LogP contribution in [0.3, 0.4) is 0 Å². The Morgan fingerprint density at radius 1 is 0.929 bits per heavy atom. The van der Waals surface area contributed by atoms with Crippen molar-refractivity contribution in [3.63, 3.8) is 0 Å². The van der Waals surface area contributed by atoms with Crippen molar-refractivity contribution in [1.29, 1.82) is 0 Å². The predicted octanol–water partition coefficient (Wildman–Crippen LogP) is 4.15. The quantitative estimate of drug-likeness (QED) is 0.710. The number of carbonyl (C=O) groups excluding carboxylic acids is 2. The second kappa shape index (κ2) is 8.99. The maximum absolute atomic E-state index is 13.2. The fraction of sp³-hybridized carbons (Fsp3) is 0.263. The van der Waals surface area contributed by atoms with Crippen LogP contribution in [0.2, 0.25) is 15.1 Å². The molecule has 0 saturated carbocycles. The Morgan fingerprint density at radius 3 is 2.25 bits per heavy atom. The van der Waals surface area contributed by atoms with E-state index in [9.17, 15) is 14.0 Å². The first-order valence-electron chi connectivity index (χ1n) is 8.45. The first kappa shape index (κ1) is 20.7. The van der Waals surface area contributed by atoms with Crippen molar-refractivity contribution in [1.82, 2.24) is 9.80 Å². The molecule has 1 fully saturated rings. The first-order valence-corrected chi connectivity index (χ1v) is 9.58. The molecule has 0 aliphatic carbocycles. The van der Waals surface area contributed by atoms with Gasteiger partial charge in [-0.25, -0.2) is 4.39 Å². The van der Waals surface area contributed by atoms with Gasteiger partial charge in [0.2, 0.25) is 0 Å². The highest BCUT2D eigenvalue weighted by atomic mass is 35.5. The molecule has 0 unspecified atom stereocenters. The molecule has 5 nitrogen and oxygen atoms in total. The van der Waals surface area contributed by atoms with Crippen molar-refractivity contribution < 1.29 is 18.7 Å². The molecule has 1 heterocycles. The van der Waals surface area contributed by atoms with Gasteiger partial charge in [0.1, 0.15) is 11.6 Å². The van der Waals surface area contributed by atoms with Gasteiger partial charge in [-0.15, -0.1) is 0 Å². The summed E-state index contributed by atoms with van der Waals surface area (Å²) in [6, 6.07) is 8.42. The second-order valence-corrected chi connectivity index (χ2v) is 7.41. The normalized spacial score (nSPS) is 14.1. The second-order valence-electron chi connectivity index (χ2n) is 6.16. The third-order valence-corrected chi connectivity index (χ3v) is 5.17. The van der Waals surface area contributed by atoms with Gasteiger partial charge in [0.25, 0.3) is 11.8 Å². The zero-order chi connectivity index (χ0) is 20.3. The molecule has 28 heavy (non-hydrogen) atoms. The number of hydrogen-bond donors (Lipinski definition) is 0. The van der Waals surface area contributed by atoms with E-state index in [1.807, 2.05) is 0 Å². The highest BCUT2D eigenvalue weighted by molar-refractivity contribution is 6.35. The number of hydrogen-bond acceptors (Lipinski definition) is 3. The number of carbonyl (C=O) groups is 2. The van der Waals surface area contributed by atoms with Crippen LogP contribution in [0.25, 0.3) is 0 Å². The average Bonchev–Trinajstić information content (AvgIpc) is 2.67. The van der Waals surface area contributed by atoms with Crippen LogP contribution in [0.1, 0.15) is 10.4 Å². The predicted molar refractivity (Wildman–Crippen MR) is 106 cm³/mol. The Labute approximate surface area is 176 Å². The van der Waals surface area contributed by atoms with Crippen molar-refractivity contribution in [3.05, 3.63) is 62.8 Å². The summed E-state index contributed by atoms with van der Waals surface area (Å²) in [6.07, 6.45) is 0. The number of benzene rings is 2. The molecule has 0 atom stereocenters. The van der Waals surface area contributed by atoms with E-state index in [2.05, 4.69) is 0 Å². The lowest BCUT2D eigenvalue weighted by molar-refractivity contribution is -0.134. The summed E-state index contributed by atoms with van der Waals surface area (Å²) < 4.78 is 18.6. The summed E-state index contributed by atoms with van der Waals surface area (Å²) in [4.78, 5) is 28.1. The van der Waals surface area contributed by atoms with Gasteiger partial charge in [-0.1, -0.05) is 34.8 Å². The number of piperazine rings is 1. The van der Waals surface area contributed by atoms with Gasteiger partial charge in [-0.3, -0.25) is 9.59 Å². The molecule has 1 aliphatic rings. The molecule has 2 amide bonds. The summed E-state index contributed by atoms with van der Waals surface area (Å²) in [7, 11) is 0. The number of amides is 2. The fourth-order valence-corrected chi connectivity index (χ4v) is 3.53. The van der Waals surface area contributed by atoms with Crippen molar-refractivity contribution in [2.75, 3.05) is 32.8 Å². The smallest absolute Gasteiger partial charge is 0.260 e. The van der Waals surface area contributed by atoms with E-state index in [1.165, 1.54) is 18.2 Å². The Bertz CT molecular complexity index is 902. The van der Waals surface area contributed by atoms with E-state index < -0.39 is 5.82 Å². The van der Waals surface area contributed by atoms with Crippen LogP contribution in [0.5, 0.6) is 5.75 Å². The molecule has 0 radical (unpaired) electrons. The Morgan fingerprint density at radius 2 is 1.61 bits per heavy atom. The number of halogens is 4. The maximum Gasteiger partial charge on any atom is 0.260 e. The lowest BCUT2D eigenvalue weighted by Crippen LogP contribution is -2.51. The number of ether oxygens (including phenoxy) is 1. The Kier molecular flexibility index (Phi) is 6.65. The topological polar surface area (TPSA) is 49.9 Å². The van der Waals surface area contributed by atoms with Crippen LogP contribution in [0.15, 0.2) is 36.4 Å². The van der Waals surface area contributed by atoms with Gasteiger partial charge in [0, 0.05) is 31.2 Å². The zero-order valence-electron chi connectivity index (χ0n) is 14.6. The summed E-state index contributed by atoms with van der Waals surface area (Å²) in [6.45, 7) is 1.25. The summed E-state index contributed by atoms with van der Waals surface area (Å²) in [5.41, 5.74) is 0.239. The average molecular weight is 446 g/mol. The van der Waals surface area contributed by atoms with Gasteiger partial charge >= 0.3 is 0 Å². The zero-order valence-corrected chi connectivity index (χ0v) is 16.9. The minimum Gasteiger partial charge on any atom is -0.482 e. The third-order valence-electron chi connectivity index (χ3n) is 4.33. The van der Waals surface area contributed by atoms with E-state index in [4.69, 9.17) is 39.5 Å². The molecule has 148 valence electrons. The number of nitrogens with zero attached hydrogens (tertiary/aromatic N) is 2. The maximum atomic E-state index is 13.2. The number of rotatable bonds is 4. The lowest BCUT2D eigenvalue weighted by Gasteiger charge is -2.34. The fourth-order valence-electron chi connectivity index (χ4n) is 2.82. The third kappa shape index (κ3) is 4.87. The van der Waals surface area contributed by atoms with Gasteiger partial charge in [0.05, 0.1) is 15.6 Å². The minimum atomic E-state index is -0.502. The molecule has 2 aromatic carbocycles. The van der Waals surface area contributed by atoms with Gasteiger partial charge in [-0.2, -0.15) is 0 Å². The van der Waals surface area contributed by atoms with E-state index in [-0.39, 0.29) is 29.0 Å². The monoisotopic (exact) mass is 444 g/mol. The lowest BCUT2D eigenvalue weighted by atomic mass is 10.1. The molecule has 3 rings (SSSR count).